The van der Waals surface area contributed by atoms with Gasteiger partial charge in [-0.25, -0.2) is 4.98 Å². The maximum Gasteiger partial charge on any atom is 0.213 e. The molecule has 0 amide bonds. The fourth-order valence-electron chi connectivity index (χ4n) is 2.22. The van der Waals surface area contributed by atoms with E-state index in [1.165, 1.54) is 5.56 Å². The minimum absolute atomic E-state index is 0.620. The number of hydrogen-bond acceptors (Lipinski definition) is 3. The first-order valence-corrected chi connectivity index (χ1v) is 7.79. The summed E-state index contributed by atoms with van der Waals surface area (Å²) in [7, 11) is 3.40. The zero-order valence-corrected chi connectivity index (χ0v) is 13.7. The molecular weight excluding hydrogens is 288 g/mol. The molecule has 0 aliphatic rings. The highest BCUT2D eigenvalue weighted by molar-refractivity contribution is 5.79. The van der Waals surface area contributed by atoms with Crippen LogP contribution in [0, 0.1) is 0 Å². The zero-order chi connectivity index (χ0) is 16.3. The standard InChI is InChI=1S/C18H24N4O/c1-19-18(21-11-6-9-15-7-4-3-5-8-15)22-14-16-10-12-20-17(13-16)23-2/h3-5,7-8,10,12-13H,6,9,11,14H2,1-2H3,(H2,19,21,22). The van der Waals surface area contributed by atoms with Crippen molar-refractivity contribution in [3.05, 3.63) is 59.8 Å². The van der Waals surface area contributed by atoms with Crippen LogP contribution in [0.2, 0.25) is 0 Å². The van der Waals surface area contributed by atoms with Crippen molar-refractivity contribution in [3.8, 4) is 5.88 Å². The summed E-state index contributed by atoms with van der Waals surface area (Å²) in [5.74, 6) is 1.42. The van der Waals surface area contributed by atoms with Gasteiger partial charge in [-0.15, -0.1) is 0 Å². The molecule has 0 spiro atoms. The Morgan fingerprint density at radius 2 is 1.96 bits per heavy atom. The molecule has 5 heteroatoms. The molecule has 2 rings (SSSR count). The van der Waals surface area contributed by atoms with Crippen molar-refractivity contribution in [3.63, 3.8) is 0 Å². The van der Waals surface area contributed by atoms with E-state index in [4.69, 9.17) is 4.74 Å². The Labute approximate surface area is 137 Å². The quantitative estimate of drug-likeness (QED) is 0.468. The van der Waals surface area contributed by atoms with Crippen LogP contribution in [0.1, 0.15) is 17.5 Å². The van der Waals surface area contributed by atoms with Crippen LogP contribution < -0.4 is 15.4 Å². The normalized spacial score (nSPS) is 11.1. The second-order valence-electron chi connectivity index (χ2n) is 5.15. The van der Waals surface area contributed by atoms with Crippen LogP contribution in [-0.2, 0) is 13.0 Å². The van der Waals surface area contributed by atoms with Gasteiger partial charge >= 0.3 is 0 Å². The Morgan fingerprint density at radius 3 is 2.70 bits per heavy atom. The Morgan fingerprint density at radius 1 is 1.13 bits per heavy atom. The molecular formula is C18H24N4O. The highest BCUT2D eigenvalue weighted by Gasteiger charge is 2.00. The van der Waals surface area contributed by atoms with Crippen LogP contribution in [0.25, 0.3) is 0 Å². The highest BCUT2D eigenvalue weighted by atomic mass is 16.5. The number of guanidine groups is 1. The first-order chi connectivity index (χ1) is 11.3. The van der Waals surface area contributed by atoms with Gasteiger partial charge in [-0.3, -0.25) is 4.99 Å². The number of aryl methyl sites for hydroxylation is 1. The van der Waals surface area contributed by atoms with Gasteiger partial charge in [0.25, 0.3) is 0 Å². The largest absolute Gasteiger partial charge is 0.481 e. The number of benzene rings is 1. The summed E-state index contributed by atoms with van der Waals surface area (Å²) in [6, 6.07) is 14.4. The van der Waals surface area contributed by atoms with Crippen LogP contribution in [0.3, 0.4) is 0 Å². The summed E-state index contributed by atoms with van der Waals surface area (Å²) in [4.78, 5) is 8.34. The van der Waals surface area contributed by atoms with Crippen molar-refractivity contribution in [1.29, 1.82) is 0 Å². The maximum atomic E-state index is 5.12. The lowest BCUT2D eigenvalue weighted by atomic mass is 10.1. The molecule has 0 bridgehead atoms. The predicted octanol–water partition coefficient (Wildman–Crippen LogP) is 2.39. The molecule has 0 aliphatic heterocycles. The number of ether oxygens (including phenoxy) is 1. The van der Waals surface area contributed by atoms with Gasteiger partial charge in [0.2, 0.25) is 5.88 Å². The van der Waals surface area contributed by atoms with E-state index >= 15 is 0 Å². The Kier molecular flexibility index (Phi) is 6.91. The third kappa shape index (κ3) is 5.98. The lowest BCUT2D eigenvalue weighted by Gasteiger charge is -2.12. The third-order valence-electron chi connectivity index (χ3n) is 3.47. The average Bonchev–Trinajstić information content (AvgIpc) is 2.62. The van der Waals surface area contributed by atoms with Crippen molar-refractivity contribution in [1.82, 2.24) is 15.6 Å². The third-order valence-corrected chi connectivity index (χ3v) is 3.47. The summed E-state index contributed by atoms with van der Waals surface area (Å²) < 4.78 is 5.12. The van der Waals surface area contributed by atoms with Gasteiger partial charge in [0.05, 0.1) is 7.11 Å². The van der Waals surface area contributed by atoms with E-state index < -0.39 is 0 Å². The first kappa shape index (κ1) is 16.8. The molecule has 5 nitrogen and oxygen atoms in total. The lowest BCUT2D eigenvalue weighted by Crippen LogP contribution is -2.37. The summed E-state index contributed by atoms with van der Waals surface area (Å²) >= 11 is 0. The molecule has 0 radical (unpaired) electrons. The molecule has 0 aliphatic carbocycles. The van der Waals surface area contributed by atoms with Crippen LogP contribution in [-0.4, -0.2) is 31.6 Å². The number of methoxy groups -OCH3 is 1. The minimum Gasteiger partial charge on any atom is -0.481 e. The monoisotopic (exact) mass is 312 g/mol. The first-order valence-electron chi connectivity index (χ1n) is 7.79. The molecule has 0 fully saturated rings. The summed E-state index contributed by atoms with van der Waals surface area (Å²) in [6.45, 7) is 1.56. The summed E-state index contributed by atoms with van der Waals surface area (Å²) in [6.07, 6.45) is 3.87. The average molecular weight is 312 g/mol. The zero-order valence-electron chi connectivity index (χ0n) is 13.7. The van der Waals surface area contributed by atoms with Gasteiger partial charge in [-0.05, 0) is 30.0 Å². The van der Waals surface area contributed by atoms with Crippen molar-refractivity contribution in [2.24, 2.45) is 4.99 Å². The van der Waals surface area contributed by atoms with E-state index in [-0.39, 0.29) is 0 Å². The van der Waals surface area contributed by atoms with E-state index in [1.807, 2.05) is 18.2 Å². The van der Waals surface area contributed by atoms with Gasteiger partial charge in [0.1, 0.15) is 0 Å². The van der Waals surface area contributed by atoms with Gasteiger partial charge in [0, 0.05) is 32.4 Å². The molecule has 0 saturated carbocycles. The molecule has 0 unspecified atom stereocenters. The number of aliphatic imine (C=N–C) groups is 1. The molecule has 1 aromatic heterocycles. The van der Waals surface area contributed by atoms with E-state index in [0.29, 0.717) is 12.4 Å². The molecule has 0 saturated heterocycles. The van der Waals surface area contributed by atoms with E-state index in [9.17, 15) is 0 Å². The highest BCUT2D eigenvalue weighted by Crippen LogP contribution is 2.07. The van der Waals surface area contributed by atoms with Crippen molar-refractivity contribution in [2.45, 2.75) is 19.4 Å². The molecule has 23 heavy (non-hydrogen) atoms. The Balaban J connectivity index is 1.71. The Hall–Kier alpha value is -2.56. The fourth-order valence-corrected chi connectivity index (χ4v) is 2.22. The van der Waals surface area contributed by atoms with Crippen LogP contribution >= 0.6 is 0 Å². The minimum atomic E-state index is 0.620. The van der Waals surface area contributed by atoms with Gasteiger partial charge < -0.3 is 15.4 Å². The topological polar surface area (TPSA) is 58.5 Å². The maximum absolute atomic E-state index is 5.12. The van der Waals surface area contributed by atoms with Crippen LogP contribution in [0.5, 0.6) is 5.88 Å². The van der Waals surface area contributed by atoms with E-state index in [2.05, 4.69) is 44.9 Å². The van der Waals surface area contributed by atoms with Gasteiger partial charge in [-0.2, -0.15) is 0 Å². The number of nitrogens with one attached hydrogen (secondary N) is 2. The fraction of sp³-hybridized carbons (Fsp3) is 0.333. The Bertz CT molecular complexity index is 613. The van der Waals surface area contributed by atoms with Crippen molar-refractivity contribution in [2.75, 3.05) is 20.7 Å². The molecule has 0 atom stereocenters. The van der Waals surface area contributed by atoms with Crippen LogP contribution in [0.4, 0.5) is 0 Å². The number of rotatable bonds is 7. The molecule has 2 N–H and O–H groups in total. The summed E-state index contributed by atoms with van der Waals surface area (Å²) in [5.41, 5.74) is 2.46. The van der Waals surface area contributed by atoms with Crippen LogP contribution in [0.15, 0.2) is 53.7 Å². The summed E-state index contributed by atoms with van der Waals surface area (Å²) in [5, 5.41) is 6.62. The molecule has 122 valence electrons. The number of nitrogens with zero attached hydrogens (tertiary/aromatic N) is 2. The molecule has 2 aromatic rings. The van der Waals surface area contributed by atoms with E-state index in [0.717, 1.165) is 30.9 Å². The van der Waals surface area contributed by atoms with Gasteiger partial charge in [0.15, 0.2) is 5.96 Å². The van der Waals surface area contributed by atoms with Gasteiger partial charge in [-0.1, -0.05) is 30.3 Å². The van der Waals surface area contributed by atoms with Crippen molar-refractivity contribution >= 4 is 5.96 Å². The second-order valence-corrected chi connectivity index (χ2v) is 5.15. The SMILES string of the molecule is CN=C(NCCCc1ccccc1)NCc1ccnc(OC)c1. The number of pyridine rings is 1. The van der Waals surface area contributed by atoms with E-state index in [1.54, 1.807) is 20.4 Å². The number of hydrogen-bond donors (Lipinski definition) is 2. The second kappa shape index (κ2) is 9.46. The molecule has 1 aromatic carbocycles. The van der Waals surface area contributed by atoms with Crippen molar-refractivity contribution < 1.29 is 4.74 Å². The lowest BCUT2D eigenvalue weighted by molar-refractivity contribution is 0.397. The molecule has 1 heterocycles. The smallest absolute Gasteiger partial charge is 0.213 e. The number of aromatic nitrogens is 1. The predicted molar refractivity (Wildman–Crippen MR) is 93.8 cm³/mol.